The highest BCUT2D eigenvalue weighted by molar-refractivity contribution is 6.01. The summed E-state index contributed by atoms with van der Waals surface area (Å²) in [6.45, 7) is 4.52. The van der Waals surface area contributed by atoms with Crippen molar-refractivity contribution in [3.63, 3.8) is 0 Å². The summed E-state index contributed by atoms with van der Waals surface area (Å²) in [4.78, 5) is 42.9. The second kappa shape index (κ2) is 9.37. The van der Waals surface area contributed by atoms with Crippen LogP contribution < -0.4 is 15.2 Å². The smallest absolute Gasteiger partial charge is 0.255 e. The molecule has 0 aliphatic carbocycles. The molecule has 180 valence electrons. The van der Waals surface area contributed by atoms with Gasteiger partial charge in [0.25, 0.3) is 5.91 Å². The van der Waals surface area contributed by atoms with Crippen LogP contribution in [-0.2, 0) is 29.1 Å². The number of fused-ring (bicyclic) bond motifs is 2. The molecule has 0 aromatic heterocycles. The molecular weight excluding hydrogens is 434 g/mol. The third-order valence-corrected chi connectivity index (χ3v) is 7.07. The van der Waals surface area contributed by atoms with Crippen molar-refractivity contribution in [3.8, 4) is 11.5 Å². The molecule has 0 saturated carbocycles. The Morgan fingerprint density at radius 1 is 1.06 bits per heavy atom. The van der Waals surface area contributed by atoms with Crippen molar-refractivity contribution in [2.24, 2.45) is 11.7 Å². The van der Waals surface area contributed by atoms with Crippen molar-refractivity contribution in [2.75, 3.05) is 14.2 Å². The summed E-state index contributed by atoms with van der Waals surface area (Å²) in [6.07, 6.45) is 0.978. The molecule has 2 N–H and O–H groups in total. The molecule has 0 fully saturated rings. The molecule has 0 bridgehead atoms. The monoisotopic (exact) mass is 465 g/mol. The fraction of sp³-hybridized carbons (Fsp3) is 0.423. The first kappa shape index (κ1) is 23.6. The largest absolute Gasteiger partial charge is 0.493 e. The molecule has 2 heterocycles. The summed E-state index contributed by atoms with van der Waals surface area (Å²) in [5.41, 5.74) is 9.04. The van der Waals surface area contributed by atoms with Crippen LogP contribution in [0, 0.1) is 5.92 Å². The van der Waals surface area contributed by atoms with Crippen LogP contribution in [0.3, 0.4) is 0 Å². The first-order valence-electron chi connectivity index (χ1n) is 11.5. The van der Waals surface area contributed by atoms with E-state index in [1.165, 1.54) is 4.90 Å². The Morgan fingerprint density at radius 2 is 1.71 bits per heavy atom. The topological polar surface area (TPSA) is 102 Å². The van der Waals surface area contributed by atoms with Gasteiger partial charge in [0.1, 0.15) is 12.1 Å². The van der Waals surface area contributed by atoms with E-state index in [1.54, 1.807) is 25.2 Å². The number of carbonyl (C=O) groups is 3. The van der Waals surface area contributed by atoms with Gasteiger partial charge < -0.3 is 25.0 Å². The first-order valence-corrected chi connectivity index (χ1v) is 11.5. The highest BCUT2D eigenvalue weighted by Gasteiger charge is 2.44. The van der Waals surface area contributed by atoms with E-state index in [9.17, 15) is 14.4 Å². The van der Waals surface area contributed by atoms with Gasteiger partial charge in [-0.1, -0.05) is 38.5 Å². The third kappa shape index (κ3) is 3.97. The minimum absolute atomic E-state index is 0.105. The zero-order chi connectivity index (χ0) is 24.6. The molecule has 0 radical (unpaired) electrons. The Labute approximate surface area is 199 Å². The van der Waals surface area contributed by atoms with Gasteiger partial charge in [0.15, 0.2) is 11.5 Å². The van der Waals surface area contributed by atoms with Crippen molar-refractivity contribution < 1.29 is 23.9 Å². The Balaban J connectivity index is 1.71. The van der Waals surface area contributed by atoms with Gasteiger partial charge in [-0.2, -0.15) is 0 Å². The molecule has 2 aromatic rings. The molecule has 8 nitrogen and oxygen atoms in total. The second-order valence-electron chi connectivity index (χ2n) is 8.98. The summed E-state index contributed by atoms with van der Waals surface area (Å²) in [6, 6.07) is 9.57. The molecule has 0 saturated heterocycles. The van der Waals surface area contributed by atoms with Crippen LogP contribution in [0.4, 0.5) is 0 Å². The Morgan fingerprint density at radius 3 is 2.29 bits per heavy atom. The number of carbonyl (C=O) groups excluding carboxylic acids is 3. The summed E-state index contributed by atoms with van der Waals surface area (Å²) in [5, 5.41) is 0. The summed E-state index contributed by atoms with van der Waals surface area (Å²) < 4.78 is 10.8. The summed E-state index contributed by atoms with van der Waals surface area (Å²) in [7, 11) is 3.11. The lowest BCUT2D eigenvalue weighted by Crippen LogP contribution is -2.58. The maximum absolute atomic E-state index is 14.1. The molecule has 2 aliphatic rings. The van der Waals surface area contributed by atoms with Gasteiger partial charge in [-0.15, -0.1) is 0 Å². The minimum Gasteiger partial charge on any atom is -0.493 e. The zero-order valence-corrected chi connectivity index (χ0v) is 20.0. The lowest BCUT2D eigenvalue weighted by Gasteiger charge is -2.41. The van der Waals surface area contributed by atoms with Crippen molar-refractivity contribution in [2.45, 2.75) is 51.9 Å². The lowest BCUT2D eigenvalue weighted by atomic mass is 9.90. The van der Waals surface area contributed by atoms with Crippen molar-refractivity contribution >= 4 is 17.7 Å². The van der Waals surface area contributed by atoms with Crippen molar-refractivity contribution in [1.29, 1.82) is 0 Å². The van der Waals surface area contributed by atoms with Gasteiger partial charge in [-0.25, -0.2) is 0 Å². The number of nitrogens with zero attached hydrogens (tertiary/aromatic N) is 2. The van der Waals surface area contributed by atoms with Gasteiger partial charge in [-0.3, -0.25) is 14.4 Å². The number of hydrogen-bond donors (Lipinski definition) is 1. The number of benzene rings is 2. The van der Waals surface area contributed by atoms with E-state index >= 15 is 0 Å². The molecule has 3 atom stereocenters. The molecule has 0 unspecified atom stereocenters. The maximum Gasteiger partial charge on any atom is 0.255 e. The Hall–Kier alpha value is -3.55. The van der Waals surface area contributed by atoms with E-state index in [-0.39, 0.29) is 30.7 Å². The average molecular weight is 466 g/mol. The fourth-order valence-electron chi connectivity index (χ4n) is 4.98. The van der Waals surface area contributed by atoms with E-state index < -0.39 is 18.0 Å². The Bertz CT molecular complexity index is 1130. The number of rotatable bonds is 7. The molecular formula is C26H31N3O5. The highest BCUT2D eigenvalue weighted by Crippen LogP contribution is 2.36. The van der Waals surface area contributed by atoms with E-state index in [2.05, 4.69) is 0 Å². The quantitative estimate of drug-likeness (QED) is 0.677. The van der Waals surface area contributed by atoms with Gasteiger partial charge in [0.2, 0.25) is 11.8 Å². The highest BCUT2D eigenvalue weighted by atomic mass is 16.5. The van der Waals surface area contributed by atoms with E-state index in [1.807, 2.05) is 44.2 Å². The number of hydrogen-bond acceptors (Lipinski definition) is 5. The molecule has 34 heavy (non-hydrogen) atoms. The number of methoxy groups -OCH3 is 2. The van der Waals surface area contributed by atoms with Crippen molar-refractivity contribution in [1.82, 2.24) is 9.80 Å². The standard InChI is InChI=1S/C26H31N3O5/c1-5-15(2)23(29-13-16-8-6-7-9-19(16)25(29)31)26(32)28-14-18-12-22(34-4)21(33-3)11-17(18)10-20(28)24(27)30/h6-9,11-12,15,20,23H,5,10,13-14H2,1-4H3,(H2,27,30)/t15-,20-,23-/m0/s1. The molecule has 2 aromatic carbocycles. The van der Waals surface area contributed by atoms with Gasteiger partial charge in [0.05, 0.1) is 14.2 Å². The molecule has 8 heteroatoms. The number of primary amides is 1. The number of ether oxygens (including phenoxy) is 2. The average Bonchev–Trinajstić information content (AvgIpc) is 3.18. The molecule has 2 aliphatic heterocycles. The molecule has 0 spiro atoms. The predicted octanol–water partition coefficient (Wildman–Crippen LogP) is 2.51. The minimum atomic E-state index is -0.815. The first-order chi connectivity index (χ1) is 16.3. The lowest BCUT2D eigenvalue weighted by molar-refractivity contribution is -0.146. The summed E-state index contributed by atoms with van der Waals surface area (Å²) in [5.74, 6) is 0.00391. The van der Waals surface area contributed by atoms with Gasteiger partial charge in [0, 0.05) is 25.1 Å². The SMILES string of the molecule is CC[C@H](C)[C@@H](C(=O)N1Cc2cc(OC)c(OC)cc2C[C@H]1C(N)=O)N1Cc2ccccc2C1=O. The zero-order valence-electron chi connectivity index (χ0n) is 20.0. The fourth-order valence-corrected chi connectivity index (χ4v) is 4.98. The van der Waals surface area contributed by atoms with Crippen LogP contribution in [0.15, 0.2) is 36.4 Å². The van der Waals surface area contributed by atoms with Crippen LogP contribution in [0.5, 0.6) is 11.5 Å². The maximum atomic E-state index is 14.1. The van der Waals surface area contributed by atoms with E-state index in [4.69, 9.17) is 15.2 Å². The van der Waals surface area contributed by atoms with E-state index in [0.717, 1.165) is 16.7 Å². The molecule has 3 amide bonds. The van der Waals surface area contributed by atoms with Crippen LogP contribution >= 0.6 is 0 Å². The summed E-state index contributed by atoms with van der Waals surface area (Å²) >= 11 is 0. The van der Waals surface area contributed by atoms with Crippen LogP contribution in [0.1, 0.15) is 47.3 Å². The van der Waals surface area contributed by atoms with Crippen LogP contribution in [0.25, 0.3) is 0 Å². The van der Waals surface area contributed by atoms with Crippen LogP contribution in [-0.4, -0.2) is 53.8 Å². The normalized spacial score (nSPS) is 18.7. The number of amides is 3. The van der Waals surface area contributed by atoms with Gasteiger partial charge in [-0.05, 0) is 40.8 Å². The van der Waals surface area contributed by atoms with Crippen molar-refractivity contribution in [3.05, 3.63) is 58.7 Å². The third-order valence-electron chi connectivity index (χ3n) is 7.07. The van der Waals surface area contributed by atoms with Gasteiger partial charge >= 0.3 is 0 Å². The Kier molecular flexibility index (Phi) is 6.50. The predicted molar refractivity (Wildman–Crippen MR) is 126 cm³/mol. The van der Waals surface area contributed by atoms with Crippen LogP contribution in [0.2, 0.25) is 0 Å². The molecule has 4 rings (SSSR count). The van der Waals surface area contributed by atoms with E-state index in [0.29, 0.717) is 30.0 Å². The second-order valence-corrected chi connectivity index (χ2v) is 8.98. The number of nitrogens with two attached hydrogens (primary N) is 1.